The van der Waals surface area contributed by atoms with E-state index in [1.54, 1.807) is 6.07 Å². The minimum atomic E-state index is -0.604. The average Bonchev–Trinajstić information content (AvgIpc) is 2.41. The second-order valence-corrected chi connectivity index (χ2v) is 4.17. The minimum absolute atomic E-state index is 0.0573. The van der Waals surface area contributed by atoms with Crippen molar-refractivity contribution in [3.8, 4) is 6.07 Å². The molecule has 0 bridgehead atoms. The molecule has 1 aromatic carbocycles. The minimum Gasteiger partial charge on any atom is -0.392 e. The van der Waals surface area contributed by atoms with E-state index in [1.807, 2.05) is 0 Å². The summed E-state index contributed by atoms with van der Waals surface area (Å²) in [7, 11) is 0. The highest BCUT2D eigenvalue weighted by Gasteiger charge is 2.08. The van der Waals surface area contributed by atoms with Crippen LogP contribution < -0.4 is 11.3 Å². The van der Waals surface area contributed by atoms with Crippen molar-refractivity contribution in [3.05, 3.63) is 57.0 Å². The van der Waals surface area contributed by atoms with Crippen LogP contribution in [0.25, 0.3) is 0 Å². The number of anilines is 1. The quantitative estimate of drug-likeness (QED) is 0.845. The summed E-state index contributed by atoms with van der Waals surface area (Å²) < 4.78 is 14.4. The first-order chi connectivity index (χ1) is 9.02. The molecule has 2 N–H and O–H groups in total. The fourth-order valence-electron chi connectivity index (χ4n) is 1.55. The maximum atomic E-state index is 13.2. The highest BCUT2D eigenvalue weighted by molar-refractivity contribution is 6.31. The number of nitriles is 1. The Morgan fingerprint density at radius 1 is 1.53 bits per heavy atom. The van der Waals surface area contributed by atoms with E-state index in [-0.39, 0.29) is 22.9 Å². The Bertz CT molecular complexity index is 735. The van der Waals surface area contributed by atoms with Crippen molar-refractivity contribution in [1.29, 1.82) is 5.26 Å². The molecule has 2 aromatic rings. The second-order valence-electron chi connectivity index (χ2n) is 3.81. The standard InChI is InChI=1S/C12H8ClFN4O/c13-11-10(16)12(19)18(6-17-11)5-7-1-2-9(14)8(3-7)4-15/h1-3,6H,5,16H2. The van der Waals surface area contributed by atoms with Crippen molar-refractivity contribution >= 4 is 17.3 Å². The molecule has 7 heteroatoms. The molecule has 0 aliphatic carbocycles. The number of benzene rings is 1. The zero-order chi connectivity index (χ0) is 14.0. The van der Waals surface area contributed by atoms with Crippen molar-refractivity contribution in [2.75, 3.05) is 5.73 Å². The lowest BCUT2D eigenvalue weighted by Crippen LogP contribution is -2.24. The predicted molar refractivity (Wildman–Crippen MR) is 68.1 cm³/mol. The van der Waals surface area contributed by atoms with E-state index in [4.69, 9.17) is 22.6 Å². The van der Waals surface area contributed by atoms with Crippen molar-refractivity contribution < 1.29 is 4.39 Å². The van der Waals surface area contributed by atoms with Crippen molar-refractivity contribution in [1.82, 2.24) is 9.55 Å². The number of nitrogen functional groups attached to an aromatic ring is 1. The number of aromatic nitrogens is 2. The monoisotopic (exact) mass is 278 g/mol. The summed E-state index contributed by atoms with van der Waals surface area (Å²) in [5.41, 5.74) is 5.35. The zero-order valence-electron chi connectivity index (χ0n) is 9.60. The van der Waals surface area contributed by atoms with E-state index < -0.39 is 11.4 Å². The lowest BCUT2D eigenvalue weighted by molar-refractivity contribution is 0.622. The SMILES string of the molecule is N#Cc1cc(Cn2cnc(Cl)c(N)c2=O)ccc1F. The fraction of sp³-hybridized carbons (Fsp3) is 0.0833. The van der Waals surface area contributed by atoms with Crippen LogP contribution >= 0.6 is 11.6 Å². The van der Waals surface area contributed by atoms with Crippen molar-refractivity contribution in [2.24, 2.45) is 0 Å². The molecule has 1 aromatic heterocycles. The lowest BCUT2D eigenvalue weighted by atomic mass is 10.1. The van der Waals surface area contributed by atoms with Gasteiger partial charge >= 0.3 is 0 Å². The third-order valence-electron chi connectivity index (χ3n) is 2.53. The summed E-state index contributed by atoms with van der Waals surface area (Å²) in [6.07, 6.45) is 1.25. The third kappa shape index (κ3) is 2.56. The van der Waals surface area contributed by atoms with Gasteiger partial charge in [0, 0.05) is 0 Å². The van der Waals surface area contributed by atoms with Gasteiger partial charge in [0.25, 0.3) is 5.56 Å². The molecule has 19 heavy (non-hydrogen) atoms. The Labute approximate surface area is 112 Å². The van der Waals surface area contributed by atoms with E-state index in [2.05, 4.69) is 4.98 Å². The first kappa shape index (κ1) is 13.1. The Kier molecular flexibility index (Phi) is 3.49. The maximum absolute atomic E-state index is 13.2. The van der Waals surface area contributed by atoms with Crippen LogP contribution in [0, 0.1) is 17.1 Å². The lowest BCUT2D eigenvalue weighted by Gasteiger charge is -2.07. The van der Waals surface area contributed by atoms with E-state index in [0.29, 0.717) is 5.56 Å². The van der Waals surface area contributed by atoms with Gasteiger partial charge in [-0.25, -0.2) is 9.37 Å². The number of nitrogens with two attached hydrogens (primary N) is 1. The normalized spacial score (nSPS) is 10.2. The highest BCUT2D eigenvalue weighted by atomic mass is 35.5. The summed E-state index contributed by atoms with van der Waals surface area (Å²) >= 11 is 5.62. The molecule has 0 unspecified atom stereocenters. The van der Waals surface area contributed by atoms with Crippen LogP contribution in [0.15, 0.2) is 29.3 Å². The summed E-state index contributed by atoms with van der Waals surface area (Å²) in [5.74, 6) is -0.604. The number of rotatable bonds is 2. The summed E-state index contributed by atoms with van der Waals surface area (Å²) in [6, 6.07) is 5.75. The molecule has 1 heterocycles. The van der Waals surface area contributed by atoms with Gasteiger partial charge in [-0.15, -0.1) is 0 Å². The van der Waals surface area contributed by atoms with Crippen LogP contribution in [0.3, 0.4) is 0 Å². The molecular formula is C12H8ClFN4O. The fourth-order valence-corrected chi connectivity index (χ4v) is 1.68. The van der Waals surface area contributed by atoms with E-state index in [1.165, 1.54) is 29.1 Å². The molecule has 2 rings (SSSR count). The number of hydrogen-bond acceptors (Lipinski definition) is 4. The Morgan fingerprint density at radius 3 is 2.95 bits per heavy atom. The Morgan fingerprint density at radius 2 is 2.26 bits per heavy atom. The summed E-state index contributed by atoms with van der Waals surface area (Å²) in [6.45, 7) is 0.127. The number of halogens is 2. The van der Waals surface area contributed by atoms with Crippen LogP contribution in [-0.2, 0) is 6.54 Å². The maximum Gasteiger partial charge on any atom is 0.278 e. The van der Waals surface area contributed by atoms with Gasteiger partial charge in [-0.3, -0.25) is 9.36 Å². The molecule has 5 nitrogen and oxygen atoms in total. The molecule has 0 amide bonds. The van der Waals surface area contributed by atoms with Gasteiger partial charge in [0.1, 0.15) is 17.6 Å². The predicted octanol–water partition coefficient (Wildman–Crippen LogP) is 1.54. The average molecular weight is 279 g/mol. The molecule has 0 atom stereocenters. The number of hydrogen-bond donors (Lipinski definition) is 1. The molecule has 96 valence electrons. The smallest absolute Gasteiger partial charge is 0.278 e. The highest BCUT2D eigenvalue weighted by Crippen LogP contribution is 2.12. The first-order valence-electron chi connectivity index (χ1n) is 5.22. The molecular weight excluding hydrogens is 271 g/mol. The van der Waals surface area contributed by atoms with Gasteiger partial charge < -0.3 is 5.73 Å². The summed E-state index contributed by atoms with van der Waals surface area (Å²) in [5, 5.41) is 8.68. The molecule has 0 saturated carbocycles. The molecule has 0 aliphatic heterocycles. The van der Waals surface area contributed by atoms with Crippen LogP contribution in [0.4, 0.5) is 10.1 Å². The van der Waals surface area contributed by atoms with Crippen molar-refractivity contribution in [3.63, 3.8) is 0 Å². The Hall–Kier alpha value is -2.39. The van der Waals surface area contributed by atoms with E-state index >= 15 is 0 Å². The van der Waals surface area contributed by atoms with Crippen LogP contribution in [0.5, 0.6) is 0 Å². The number of nitrogens with zero attached hydrogens (tertiary/aromatic N) is 3. The van der Waals surface area contributed by atoms with Crippen molar-refractivity contribution in [2.45, 2.75) is 6.54 Å². The second kappa shape index (κ2) is 5.08. The van der Waals surface area contributed by atoms with Gasteiger partial charge in [-0.1, -0.05) is 17.7 Å². The van der Waals surface area contributed by atoms with E-state index in [9.17, 15) is 9.18 Å². The van der Waals surface area contributed by atoms with Gasteiger partial charge in [-0.2, -0.15) is 5.26 Å². The van der Waals surface area contributed by atoms with Crippen LogP contribution in [0.2, 0.25) is 5.15 Å². The van der Waals surface area contributed by atoms with Gasteiger partial charge in [0.05, 0.1) is 18.4 Å². The largest absolute Gasteiger partial charge is 0.392 e. The summed E-state index contributed by atoms with van der Waals surface area (Å²) in [4.78, 5) is 15.5. The topological polar surface area (TPSA) is 84.7 Å². The van der Waals surface area contributed by atoms with E-state index in [0.717, 1.165) is 0 Å². The third-order valence-corrected chi connectivity index (χ3v) is 2.83. The molecule has 0 radical (unpaired) electrons. The first-order valence-corrected chi connectivity index (χ1v) is 5.59. The molecule has 0 fully saturated rings. The molecule has 0 saturated heterocycles. The van der Waals surface area contributed by atoms with Gasteiger partial charge in [0.2, 0.25) is 0 Å². The van der Waals surface area contributed by atoms with Crippen LogP contribution in [-0.4, -0.2) is 9.55 Å². The van der Waals surface area contributed by atoms with Crippen LogP contribution in [0.1, 0.15) is 11.1 Å². The zero-order valence-corrected chi connectivity index (χ0v) is 10.4. The van der Waals surface area contributed by atoms with Gasteiger partial charge in [-0.05, 0) is 17.7 Å². The Balaban J connectivity index is 2.40. The van der Waals surface area contributed by atoms with Gasteiger partial charge in [0.15, 0.2) is 5.15 Å². The molecule has 0 aliphatic rings. The molecule has 0 spiro atoms.